The van der Waals surface area contributed by atoms with Crippen molar-refractivity contribution in [1.82, 2.24) is 20.2 Å². The Morgan fingerprint density at radius 2 is 1.87 bits per heavy atom. The quantitative estimate of drug-likeness (QED) is 0.178. The molecule has 1 N–H and O–H groups in total. The standard InChI is InChI=1S/C33H33F2N5O4S2/c1-17(2)22-16-46(41,42)31-28(26-14-20-8-11-36-32(30(20)45-26)37-21-5-6-23(34)24(35)15-21)27(33-40-39-18(3)44-33)25(38-29(22)31)7-4-19-9-12-43-13-10-19/h5-6,8,11,14-15,17,19,22H,4,7,9-10,12-13,16H2,1-3H3,(H,36,37)/t22-/m1/s1. The summed E-state index contributed by atoms with van der Waals surface area (Å²) in [5.41, 5.74) is 2.70. The zero-order valence-corrected chi connectivity index (χ0v) is 27.3. The lowest BCUT2D eigenvalue weighted by Crippen LogP contribution is -2.17. The maximum absolute atomic E-state index is 14.0. The highest BCUT2D eigenvalue weighted by molar-refractivity contribution is 7.92. The monoisotopic (exact) mass is 665 g/mol. The fourth-order valence-electron chi connectivity index (χ4n) is 6.42. The van der Waals surface area contributed by atoms with Gasteiger partial charge in [-0.3, -0.25) is 4.98 Å². The predicted molar refractivity (Wildman–Crippen MR) is 172 cm³/mol. The van der Waals surface area contributed by atoms with Crippen molar-refractivity contribution < 1.29 is 26.4 Å². The van der Waals surface area contributed by atoms with Crippen molar-refractivity contribution >= 4 is 42.8 Å². The molecule has 1 atom stereocenters. The number of nitrogens with zero attached hydrogens (tertiary/aromatic N) is 4. The molecule has 6 heterocycles. The molecular weight excluding hydrogens is 633 g/mol. The van der Waals surface area contributed by atoms with E-state index in [4.69, 9.17) is 14.1 Å². The Labute approximate surface area is 269 Å². The number of aromatic nitrogens is 4. The average molecular weight is 666 g/mol. The number of benzene rings is 1. The Kier molecular flexibility index (Phi) is 8.10. The van der Waals surface area contributed by atoms with Crippen LogP contribution >= 0.6 is 11.3 Å². The minimum Gasteiger partial charge on any atom is -0.421 e. The average Bonchev–Trinajstić information content (AvgIpc) is 3.73. The lowest BCUT2D eigenvalue weighted by molar-refractivity contribution is 0.0639. The van der Waals surface area contributed by atoms with Crippen molar-refractivity contribution in [1.29, 1.82) is 0 Å². The number of sulfone groups is 1. The largest absolute Gasteiger partial charge is 0.421 e. The lowest BCUT2D eigenvalue weighted by atomic mass is 9.89. The fraction of sp³-hybridized carbons (Fsp3) is 0.394. The van der Waals surface area contributed by atoms with Crippen LogP contribution in [0, 0.1) is 30.4 Å². The van der Waals surface area contributed by atoms with Gasteiger partial charge in [0.05, 0.1) is 32.3 Å². The van der Waals surface area contributed by atoms with Crippen molar-refractivity contribution in [3.63, 3.8) is 0 Å². The number of ether oxygens (including phenoxy) is 1. The molecule has 46 heavy (non-hydrogen) atoms. The van der Waals surface area contributed by atoms with Crippen LogP contribution in [0.1, 0.15) is 56.3 Å². The van der Waals surface area contributed by atoms with Gasteiger partial charge < -0.3 is 14.5 Å². The van der Waals surface area contributed by atoms with Crippen molar-refractivity contribution in [2.75, 3.05) is 24.3 Å². The van der Waals surface area contributed by atoms with Gasteiger partial charge in [-0.2, -0.15) is 0 Å². The van der Waals surface area contributed by atoms with Gasteiger partial charge in [0, 0.05) is 54.4 Å². The van der Waals surface area contributed by atoms with Gasteiger partial charge in [-0.1, -0.05) is 13.8 Å². The van der Waals surface area contributed by atoms with Crippen LogP contribution in [0.4, 0.5) is 20.3 Å². The summed E-state index contributed by atoms with van der Waals surface area (Å²) in [6.45, 7) is 7.21. The first-order valence-corrected chi connectivity index (χ1v) is 17.8. The smallest absolute Gasteiger partial charge is 0.250 e. The second-order valence-corrected chi connectivity index (χ2v) is 15.3. The first kappa shape index (κ1) is 30.8. The number of halogens is 2. The summed E-state index contributed by atoms with van der Waals surface area (Å²) < 4.78 is 68.0. The Hall–Kier alpha value is -3.81. The molecule has 0 unspecified atom stereocenters. The number of hydrogen-bond donors (Lipinski definition) is 1. The summed E-state index contributed by atoms with van der Waals surface area (Å²) in [5.74, 6) is -0.676. The second kappa shape index (κ2) is 12.1. The van der Waals surface area contributed by atoms with E-state index in [0.29, 0.717) is 51.4 Å². The first-order chi connectivity index (χ1) is 22.1. The summed E-state index contributed by atoms with van der Waals surface area (Å²) in [7, 11) is -3.73. The highest BCUT2D eigenvalue weighted by Gasteiger charge is 2.43. The van der Waals surface area contributed by atoms with E-state index in [0.717, 1.165) is 60.4 Å². The number of hydrogen-bond acceptors (Lipinski definition) is 10. The zero-order valence-electron chi connectivity index (χ0n) is 25.6. The molecule has 13 heteroatoms. The van der Waals surface area contributed by atoms with E-state index in [2.05, 4.69) is 20.5 Å². The fourth-order valence-corrected chi connectivity index (χ4v) is 9.86. The third-order valence-electron chi connectivity index (χ3n) is 8.85. The summed E-state index contributed by atoms with van der Waals surface area (Å²) in [5, 5.41) is 12.4. The van der Waals surface area contributed by atoms with E-state index in [1.807, 2.05) is 26.0 Å². The van der Waals surface area contributed by atoms with E-state index in [1.54, 1.807) is 13.1 Å². The third-order valence-corrected chi connectivity index (χ3v) is 11.9. The van der Waals surface area contributed by atoms with E-state index in [1.165, 1.54) is 17.4 Å². The van der Waals surface area contributed by atoms with Crippen LogP contribution in [0.3, 0.4) is 0 Å². The van der Waals surface area contributed by atoms with Gasteiger partial charge in [0.25, 0.3) is 0 Å². The number of pyridine rings is 2. The molecular formula is C33H33F2N5O4S2. The molecule has 1 fully saturated rings. The second-order valence-electron chi connectivity index (χ2n) is 12.3. The highest BCUT2D eigenvalue weighted by Crippen LogP contribution is 2.51. The Balaban J connectivity index is 1.44. The van der Waals surface area contributed by atoms with E-state index >= 15 is 0 Å². The number of rotatable bonds is 8. The maximum Gasteiger partial charge on any atom is 0.250 e. The van der Waals surface area contributed by atoms with Gasteiger partial charge in [0.2, 0.25) is 11.8 Å². The topological polar surface area (TPSA) is 120 Å². The van der Waals surface area contributed by atoms with Gasteiger partial charge in [0.1, 0.15) is 5.82 Å². The van der Waals surface area contributed by atoms with Crippen LogP contribution < -0.4 is 5.32 Å². The molecule has 240 valence electrons. The molecule has 1 saturated heterocycles. The molecule has 0 bridgehead atoms. The van der Waals surface area contributed by atoms with Crippen LogP contribution in [0.2, 0.25) is 0 Å². The summed E-state index contributed by atoms with van der Waals surface area (Å²) in [6.07, 6.45) is 5.03. The lowest BCUT2D eigenvalue weighted by Gasteiger charge is -2.23. The van der Waals surface area contributed by atoms with Crippen LogP contribution in [-0.4, -0.2) is 47.5 Å². The van der Waals surface area contributed by atoms with Gasteiger partial charge in [-0.15, -0.1) is 21.5 Å². The van der Waals surface area contributed by atoms with Crippen LogP contribution in [-0.2, 0) is 21.0 Å². The molecule has 9 nitrogen and oxygen atoms in total. The molecule has 0 aliphatic carbocycles. The molecule has 0 amide bonds. The van der Waals surface area contributed by atoms with E-state index in [9.17, 15) is 17.2 Å². The van der Waals surface area contributed by atoms with Gasteiger partial charge >= 0.3 is 0 Å². The van der Waals surface area contributed by atoms with Crippen molar-refractivity contribution in [2.24, 2.45) is 11.8 Å². The molecule has 5 aromatic rings. The maximum atomic E-state index is 14.0. The minimum atomic E-state index is -3.73. The number of fused-ring (bicyclic) bond motifs is 2. The Bertz CT molecular complexity index is 2050. The van der Waals surface area contributed by atoms with Crippen molar-refractivity contribution in [2.45, 2.75) is 57.3 Å². The zero-order chi connectivity index (χ0) is 32.2. The molecule has 7 rings (SSSR count). The SMILES string of the molecule is Cc1nnc(-c2c(CCC3CCOCC3)nc3c(c2-c2cc4ccnc(Nc5ccc(F)c(F)c5)c4s2)S(=O)(=O)C[C@@H]3C(C)C)o1. The number of aryl methyl sites for hydroxylation is 2. The molecule has 2 aliphatic rings. The van der Waals surface area contributed by atoms with Crippen LogP contribution in [0.25, 0.3) is 32.0 Å². The molecule has 2 aliphatic heterocycles. The highest BCUT2D eigenvalue weighted by atomic mass is 32.2. The van der Waals surface area contributed by atoms with Gasteiger partial charge in [-0.25, -0.2) is 22.2 Å². The van der Waals surface area contributed by atoms with Gasteiger partial charge in [0.15, 0.2) is 21.5 Å². The third kappa shape index (κ3) is 5.69. The normalized spacial score (nSPS) is 18.0. The van der Waals surface area contributed by atoms with E-state index < -0.39 is 21.5 Å². The number of nitrogens with one attached hydrogen (secondary N) is 1. The number of anilines is 2. The summed E-state index contributed by atoms with van der Waals surface area (Å²) in [4.78, 5) is 10.5. The minimum absolute atomic E-state index is 0.0267. The Morgan fingerprint density at radius 3 is 2.59 bits per heavy atom. The number of thiophene rings is 1. The van der Waals surface area contributed by atoms with Gasteiger partial charge in [-0.05, 0) is 67.2 Å². The van der Waals surface area contributed by atoms with Crippen molar-refractivity contribution in [3.8, 4) is 21.9 Å². The summed E-state index contributed by atoms with van der Waals surface area (Å²) in [6, 6.07) is 7.32. The summed E-state index contributed by atoms with van der Waals surface area (Å²) >= 11 is 1.36. The Morgan fingerprint density at radius 1 is 1.07 bits per heavy atom. The molecule has 0 saturated carbocycles. The molecule has 0 spiro atoms. The first-order valence-electron chi connectivity index (χ1n) is 15.4. The molecule has 0 radical (unpaired) electrons. The van der Waals surface area contributed by atoms with Crippen LogP contribution in [0.5, 0.6) is 0 Å². The van der Waals surface area contributed by atoms with E-state index in [-0.39, 0.29) is 28.4 Å². The van der Waals surface area contributed by atoms with Crippen molar-refractivity contribution in [3.05, 3.63) is 65.4 Å². The molecule has 4 aromatic heterocycles. The predicted octanol–water partition coefficient (Wildman–Crippen LogP) is 7.62. The van der Waals surface area contributed by atoms with Crippen LogP contribution in [0.15, 0.2) is 45.8 Å². The molecule has 1 aromatic carbocycles.